The molecule has 0 radical (unpaired) electrons. The Morgan fingerprint density at radius 3 is 2.07 bits per heavy atom. The molecule has 1 fully saturated rings. The maximum absolute atomic E-state index is 13.1. The predicted molar refractivity (Wildman–Crippen MR) is 108 cm³/mol. The molecule has 0 saturated carbocycles. The summed E-state index contributed by atoms with van der Waals surface area (Å²) in [6.07, 6.45) is 0. The number of benzene rings is 2. The molecule has 0 unspecified atom stereocenters. The van der Waals surface area contributed by atoms with Crippen molar-refractivity contribution >= 4 is 16.0 Å². The van der Waals surface area contributed by atoms with E-state index in [0.717, 1.165) is 16.7 Å². The second-order valence-electron chi connectivity index (χ2n) is 7.36. The summed E-state index contributed by atoms with van der Waals surface area (Å²) in [5.41, 5.74) is 3.39. The summed E-state index contributed by atoms with van der Waals surface area (Å²) in [6.45, 7) is 6.90. The average molecular weight is 403 g/mol. The highest BCUT2D eigenvalue weighted by molar-refractivity contribution is 7.89. The first-order valence-electron chi connectivity index (χ1n) is 9.31. The number of hydrogen-bond donors (Lipinski definition) is 1. The number of sulfonamides is 1. The molecule has 1 atom stereocenters. The molecule has 150 valence electrons. The molecule has 1 saturated heterocycles. The minimum atomic E-state index is -3.60. The molecule has 0 amide bonds. The summed E-state index contributed by atoms with van der Waals surface area (Å²) in [7, 11) is -3.60. The summed E-state index contributed by atoms with van der Waals surface area (Å²) in [5.74, 6) is -0.922. The SMILES string of the molecule is Cc1ccc([C@@H](C(=O)O)N2CCN(S(=O)(=O)c3cc(C)ccc3C)CC2)cc1. The second-order valence-corrected chi connectivity index (χ2v) is 9.27. The number of aliphatic carboxylic acids is 1. The number of aryl methyl sites for hydroxylation is 3. The van der Waals surface area contributed by atoms with Crippen LogP contribution in [-0.2, 0) is 14.8 Å². The van der Waals surface area contributed by atoms with E-state index in [9.17, 15) is 18.3 Å². The van der Waals surface area contributed by atoms with E-state index in [1.165, 1.54) is 4.31 Å². The molecule has 0 aromatic heterocycles. The lowest BCUT2D eigenvalue weighted by Gasteiger charge is -2.37. The summed E-state index contributed by atoms with van der Waals surface area (Å²) < 4.78 is 27.6. The number of nitrogens with zero attached hydrogens (tertiary/aromatic N) is 2. The van der Waals surface area contributed by atoms with E-state index >= 15 is 0 Å². The molecule has 0 aliphatic carbocycles. The molecule has 1 N–H and O–H groups in total. The fourth-order valence-electron chi connectivity index (χ4n) is 3.58. The lowest BCUT2D eigenvalue weighted by molar-refractivity contribution is -0.144. The van der Waals surface area contributed by atoms with Gasteiger partial charge in [0.1, 0.15) is 6.04 Å². The zero-order chi connectivity index (χ0) is 20.5. The van der Waals surface area contributed by atoms with Crippen LogP contribution >= 0.6 is 0 Å². The van der Waals surface area contributed by atoms with Gasteiger partial charge >= 0.3 is 5.97 Å². The van der Waals surface area contributed by atoms with Gasteiger partial charge in [-0.1, -0.05) is 42.0 Å². The highest BCUT2D eigenvalue weighted by atomic mass is 32.2. The van der Waals surface area contributed by atoms with Crippen molar-refractivity contribution in [1.29, 1.82) is 0 Å². The van der Waals surface area contributed by atoms with E-state index in [0.29, 0.717) is 23.5 Å². The Morgan fingerprint density at radius 1 is 0.929 bits per heavy atom. The zero-order valence-electron chi connectivity index (χ0n) is 16.4. The zero-order valence-corrected chi connectivity index (χ0v) is 17.2. The van der Waals surface area contributed by atoms with Gasteiger partial charge in [0, 0.05) is 26.2 Å². The monoisotopic (exact) mass is 402 g/mol. The Morgan fingerprint density at radius 2 is 1.50 bits per heavy atom. The van der Waals surface area contributed by atoms with E-state index in [1.54, 1.807) is 13.0 Å². The first kappa shape index (κ1) is 20.5. The van der Waals surface area contributed by atoms with Crippen LogP contribution in [0.5, 0.6) is 0 Å². The van der Waals surface area contributed by atoms with Crippen LogP contribution in [0.15, 0.2) is 47.4 Å². The molecule has 2 aromatic carbocycles. The number of rotatable bonds is 5. The van der Waals surface area contributed by atoms with Crippen molar-refractivity contribution in [2.75, 3.05) is 26.2 Å². The Hall–Kier alpha value is -2.22. The Labute approximate surface area is 166 Å². The van der Waals surface area contributed by atoms with E-state index < -0.39 is 22.0 Å². The van der Waals surface area contributed by atoms with Crippen LogP contribution in [0.3, 0.4) is 0 Å². The third-order valence-electron chi connectivity index (χ3n) is 5.23. The topological polar surface area (TPSA) is 77.9 Å². The van der Waals surface area contributed by atoms with E-state index in [4.69, 9.17) is 0 Å². The van der Waals surface area contributed by atoms with E-state index in [-0.39, 0.29) is 13.1 Å². The van der Waals surface area contributed by atoms with Crippen LogP contribution in [0.25, 0.3) is 0 Å². The lowest BCUT2D eigenvalue weighted by atomic mass is 10.0. The Bertz CT molecular complexity index is 962. The van der Waals surface area contributed by atoms with Gasteiger partial charge in [-0.15, -0.1) is 0 Å². The molecule has 1 heterocycles. The molecule has 1 aliphatic rings. The summed E-state index contributed by atoms with van der Waals surface area (Å²) >= 11 is 0. The Balaban J connectivity index is 1.78. The molecule has 6 nitrogen and oxygen atoms in total. The van der Waals surface area contributed by atoms with Crippen molar-refractivity contribution in [1.82, 2.24) is 9.21 Å². The first-order valence-corrected chi connectivity index (χ1v) is 10.7. The molecule has 2 aromatic rings. The van der Waals surface area contributed by atoms with Crippen LogP contribution in [0.4, 0.5) is 0 Å². The molecule has 28 heavy (non-hydrogen) atoms. The molecule has 0 spiro atoms. The standard InChI is InChI=1S/C21H26N2O4S/c1-15-5-8-18(9-6-15)20(21(24)25)22-10-12-23(13-11-22)28(26,27)19-14-16(2)4-7-17(19)3/h4-9,14,20H,10-13H2,1-3H3,(H,24,25)/t20-/m0/s1. The number of piperazine rings is 1. The third-order valence-corrected chi connectivity index (χ3v) is 7.27. The maximum Gasteiger partial charge on any atom is 0.325 e. The number of carboxylic acid groups (broad SMARTS) is 1. The van der Waals surface area contributed by atoms with E-state index in [2.05, 4.69) is 0 Å². The summed E-state index contributed by atoms with van der Waals surface area (Å²) in [4.78, 5) is 14.1. The molecule has 3 rings (SSSR count). The number of carboxylic acids is 1. The van der Waals surface area contributed by atoms with Gasteiger partial charge in [-0.3, -0.25) is 9.69 Å². The van der Waals surface area contributed by atoms with Gasteiger partial charge in [0.25, 0.3) is 0 Å². The van der Waals surface area contributed by atoms with E-state index in [1.807, 2.05) is 55.1 Å². The maximum atomic E-state index is 13.1. The van der Waals surface area contributed by atoms with Gasteiger partial charge in [-0.05, 0) is 43.5 Å². The smallest absolute Gasteiger partial charge is 0.325 e. The number of hydrogen-bond acceptors (Lipinski definition) is 4. The largest absolute Gasteiger partial charge is 0.480 e. The van der Waals surface area contributed by atoms with Crippen molar-refractivity contribution in [3.05, 3.63) is 64.7 Å². The lowest BCUT2D eigenvalue weighted by Crippen LogP contribution is -2.51. The predicted octanol–water partition coefficient (Wildman–Crippen LogP) is 2.74. The average Bonchev–Trinajstić information content (AvgIpc) is 2.65. The van der Waals surface area contributed by atoms with Gasteiger partial charge in [0.2, 0.25) is 10.0 Å². The second kappa shape index (κ2) is 8.03. The highest BCUT2D eigenvalue weighted by Gasteiger charge is 2.34. The molecule has 0 bridgehead atoms. The van der Waals surface area contributed by atoms with Crippen LogP contribution in [0.1, 0.15) is 28.3 Å². The van der Waals surface area contributed by atoms with Crippen LogP contribution < -0.4 is 0 Å². The van der Waals surface area contributed by atoms with Crippen molar-refractivity contribution in [2.24, 2.45) is 0 Å². The minimum absolute atomic E-state index is 0.269. The fourth-order valence-corrected chi connectivity index (χ4v) is 5.32. The first-order chi connectivity index (χ1) is 13.2. The summed E-state index contributed by atoms with van der Waals surface area (Å²) in [5, 5.41) is 9.75. The van der Waals surface area contributed by atoms with Gasteiger partial charge in [-0.2, -0.15) is 4.31 Å². The van der Waals surface area contributed by atoms with Gasteiger partial charge in [-0.25, -0.2) is 8.42 Å². The quantitative estimate of drug-likeness (QED) is 0.832. The molecular weight excluding hydrogens is 376 g/mol. The van der Waals surface area contributed by atoms with Gasteiger partial charge in [0.15, 0.2) is 0 Å². The number of carbonyl (C=O) groups is 1. The van der Waals surface area contributed by atoms with Gasteiger partial charge in [0.05, 0.1) is 4.90 Å². The Kier molecular flexibility index (Phi) is 5.88. The third kappa shape index (κ3) is 4.11. The normalized spacial score (nSPS) is 17.4. The van der Waals surface area contributed by atoms with Crippen molar-refractivity contribution < 1.29 is 18.3 Å². The minimum Gasteiger partial charge on any atom is -0.480 e. The van der Waals surface area contributed by atoms with Crippen LogP contribution in [0, 0.1) is 20.8 Å². The molecule has 7 heteroatoms. The highest BCUT2D eigenvalue weighted by Crippen LogP contribution is 2.26. The van der Waals surface area contributed by atoms with Crippen molar-refractivity contribution in [3.8, 4) is 0 Å². The van der Waals surface area contributed by atoms with Gasteiger partial charge < -0.3 is 5.11 Å². The molecule has 1 aliphatic heterocycles. The molecular formula is C21H26N2O4S. The fraction of sp³-hybridized carbons (Fsp3) is 0.381. The van der Waals surface area contributed by atoms with Crippen LogP contribution in [-0.4, -0.2) is 54.9 Å². The van der Waals surface area contributed by atoms with Crippen LogP contribution in [0.2, 0.25) is 0 Å². The van der Waals surface area contributed by atoms with Crippen molar-refractivity contribution in [3.63, 3.8) is 0 Å². The van der Waals surface area contributed by atoms with Crippen molar-refractivity contribution in [2.45, 2.75) is 31.7 Å². The summed E-state index contributed by atoms with van der Waals surface area (Å²) in [6, 6.07) is 12.1.